The van der Waals surface area contributed by atoms with Gasteiger partial charge in [0.1, 0.15) is 11.0 Å². The minimum atomic E-state index is -0.353. The fourth-order valence-corrected chi connectivity index (χ4v) is 3.82. The highest BCUT2D eigenvalue weighted by Gasteiger charge is 2.31. The molecule has 0 aliphatic carbocycles. The first-order valence-corrected chi connectivity index (χ1v) is 8.95. The molecule has 0 bridgehead atoms. The van der Waals surface area contributed by atoms with Gasteiger partial charge in [0.2, 0.25) is 0 Å². The van der Waals surface area contributed by atoms with Gasteiger partial charge in [0.25, 0.3) is 0 Å². The lowest BCUT2D eigenvalue weighted by Gasteiger charge is -2.21. The third-order valence-electron chi connectivity index (χ3n) is 4.31. The van der Waals surface area contributed by atoms with E-state index in [0.29, 0.717) is 12.1 Å². The van der Waals surface area contributed by atoms with E-state index < -0.39 is 0 Å². The molecule has 1 unspecified atom stereocenters. The van der Waals surface area contributed by atoms with Crippen molar-refractivity contribution in [3.63, 3.8) is 0 Å². The number of methoxy groups -OCH3 is 2. The minimum Gasteiger partial charge on any atom is -0.468 e. The van der Waals surface area contributed by atoms with E-state index in [4.69, 9.17) is 9.47 Å². The normalized spacial score (nSPS) is 17.4. The van der Waals surface area contributed by atoms with Crippen LogP contribution < -0.4 is 0 Å². The summed E-state index contributed by atoms with van der Waals surface area (Å²) in [4.78, 5) is 30.1. The van der Waals surface area contributed by atoms with Crippen molar-refractivity contribution >= 4 is 23.3 Å². The number of esters is 2. The number of benzene rings is 1. The molecule has 1 aromatic carbocycles. The summed E-state index contributed by atoms with van der Waals surface area (Å²) in [5.41, 5.74) is 2.41. The Balaban J connectivity index is 1.70. The largest absolute Gasteiger partial charge is 0.468 e. The number of aromatic nitrogens is 1. The Hall–Kier alpha value is -2.25. The van der Waals surface area contributed by atoms with E-state index in [-0.39, 0.29) is 18.0 Å². The standard InChI is InChI=1S/C18H20N2O4S/c1-23-17(21)13-7-5-12(6-8-13)16-19-14(11-25-16)10-20-9-3-4-15(20)18(22)24-2/h5-8,11,15H,3-4,9-10H2,1-2H3. The third kappa shape index (κ3) is 3.88. The summed E-state index contributed by atoms with van der Waals surface area (Å²) in [7, 11) is 2.79. The van der Waals surface area contributed by atoms with Crippen LogP contribution in [0, 0.1) is 0 Å². The van der Waals surface area contributed by atoms with Crippen LogP contribution in [0.25, 0.3) is 10.6 Å². The van der Waals surface area contributed by atoms with E-state index in [1.807, 2.05) is 17.5 Å². The second-order valence-corrected chi connectivity index (χ2v) is 6.72. The first-order chi connectivity index (χ1) is 12.1. The number of carbonyl (C=O) groups excluding carboxylic acids is 2. The molecule has 132 valence electrons. The van der Waals surface area contributed by atoms with Gasteiger partial charge in [-0.2, -0.15) is 0 Å². The van der Waals surface area contributed by atoms with Gasteiger partial charge < -0.3 is 9.47 Å². The van der Waals surface area contributed by atoms with Crippen LogP contribution in [0.5, 0.6) is 0 Å². The SMILES string of the molecule is COC(=O)c1ccc(-c2nc(CN3CCCC3C(=O)OC)cs2)cc1. The lowest BCUT2D eigenvalue weighted by Crippen LogP contribution is -2.36. The van der Waals surface area contributed by atoms with Crippen LogP contribution in [0.15, 0.2) is 29.6 Å². The van der Waals surface area contributed by atoms with Crippen molar-refractivity contribution in [2.75, 3.05) is 20.8 Å². The molecule has 2 aromatic rings. The smallest absolute Gasteiger partial charge is 0.337 e. The summed E-state index contributed by atoms with van der Waals surface area (Å²) in [6.45, 7) is 1.51. The summed E-state index contributed by atoms with van der Waals surface area (Å²) in [5.74, 6) is -0.527. The summed E-state index contributed by atoms with van der Waals surface area (Å²) in [5, 5.41) is 2.90. The van der Waals surface area contributed by atoms with Crippen LogP contribution in [0.3, 0.4) is 0 Å². The van der Waals surface area contributed by atoms with Crippen molar-refractivity contribution in [2.24, 2.45) is 0 Å². The van der Waals surface area contributed by atoms with E-state index in [1.165, 1.54) is 14.2 Å². The van der Waals surface area contributed by atoms with Crippen molar-refractivity contribution in [3.05, 3.63) is 40.9 Å². The van der Waals surface area contributed by atoms with Gasteiger partial charge in [0.05, 0.1) is 25.5 Å². The number of ether oxygens (including phenoxy) is 2. The molecule has 1 saturated heterocycles. The quantitative estimate of drug-likeness (QED) is 0.764. The number of nitrogens with zero attached hydrogens (tertiary/aromatic N) is 2. The predicted octanol–water partition coefficient (Wildman–Crippen LogP) is 2.73. The summed E-state index contributed by atoms with van der Waals surface area (Å²) in [6, 6.07) is 7.02. The number of likely N-dealkylation sites (tertiary alicyclic amines) is 1. The van der Waals surface area contributed by atoms with Crippen molar-refractivity contribution in [3.8, 4) is 10.6 Å². The van der Waals surface area contributed by atoms with Crippen molar-refractivity contribution in [2.45, 2.75) is 25.4 Å². The fourth-order valence-electron chi connectivity index (χ4n) is 3.01. The maximum Gasteiger partial charge on any atom is 0.337 e. The Morgan fingerprint density at radius 3 is 2.68 bits per heavy atom. The molecule has 0 radical (unpaired) electrons. The Labute approximate surface area is 150 Å². The Kier molecular flexibility index (Phi) is 5.45. The van der Waals surface area contributed by atoms with E-state index in [0.717, 1.165) is 35.7 Å². The topological polar surface area (TPSA) is 68.7 Å². The van der Waals surface area contributed by atoms with Crippen LogP contribution >= 0.6 is 11.3 Å². The van der Waals surface area contributed by atoms with Gasteiger partial charge in [-0.3, -0.25) is 9.69 Å². The molecule has 0 N–H and O–H groups in total. The zero-order chi connectivity index (χ0) is 17.8. The molecule has 1 fully saturated rings. The number of hydrogen-bond acceptors (Lipinski definition) is 7. The summed E-state index contributed by atoms with van der Waals surface area (Å²) < 4.78 is 9.58. The zero-order valence-corrected chi connectivity index (χ0v) is 15.0. The van der Waals surface area contributed by atoms with Gasteiger partial charge in [-0.25, -0.2) is 9.78 Å². The van der Waals surface area contributed by atoms with Crippen LogP contribution in [-0.2, 0) is 20.8 Å². The van der Waals surface area contributed by atoms with Gasteiger partial charge in [-0.1, -0.05) is 12.1 Å². The molecule has 0 saturated carbocycles. The average Bonchev–Trinajstić information content (AvgIpc) is 3.30. The number of thiazole rings is 1. The molecule has 6 nitrogen and oxygen atoms in total. The second-order valence-electron chi connectivity index (χ2n) is 5.86. The Morgan fingerprint density at radius 2 is 2.00 bits per heavy atom. The van der Waals surface area contributed by atoms with Crippen molar-refractivity contribution in [1.29, 1.82) is 0 Å². The lowest BCUT2D eigenvalue weighted by atomic mass is 10.1. The lowest BCUT2D eigenvalue weighted by molar-refractivity contribution is -0.146. The van der Waals surface area contributed by atoms with E-state index in [9.17, 15) is 9.59 Å². The van der Waals surface area contributed by atoms with E-state index >= 15 is 0 Å². The molecule has 0 amide bonds. The van der Waals surface area contributed by atoms with Gasteiger partial charge in [0, 0.05) is 17.5 Å². The van der Waals surface area contributed by atoms with Crippen LogP contribution in [-0.4, -0.2) is 48.6 Å². The molecule has 1 aromatic heterocycles. The molecular formula is C18H20N2O4S. The molecule has 1 aliphatic heterocycles. The van der Waals surface area contributed by atoms with Gasteiger partial charge in [0.15, 0.2) is 0 Å². The summed E-state index contributed by atoms with van der Waals surface area (Å²) in [6.07, 6.45) is 1.82. The van der Waals surface area contributed by atoms with Crippen LogP contribution in [0.2, 0.25) is 0 Å². The van der Waals surface area contributed by atoms with E-state index in [2.05, 4.69) is 9.88 Å². The highest BCUT2D eigenvalue weighted by atomic mass is 32.1. The minimum absolute atomic E-state index is 0.172. The molecule has 3 rings (SSSR count). The number of hydrogen-bond donors (Lipinski definition) is 0. The maximum absolute atomic E-state index is 11.8. The molecule has 1 aliphatic rings. The Morgan fingerprint density at radius 1 is 1.24 bits per heavy atom. The second kappa shape index (κ2) is 7.76. The maximum atomic E-state index is 11.8. The van der Waals surface area contributed by atoms with Crippen LogP contribution in [0.1, 0.15) is 28.9 Å². The van der Waals surface area contributed by atoms with Gasteiger partial charge in [-0.05, 0) is 31.5 Å². The summed E-state index contributed by atoms with van der Waals surface area (Å²) >= 11 is 1.55. The molecule has 7 heteroatoms. The Bertz CT molecular complexity index is 757. The molecule has 25 heavy (non-hydrogen) atoms. The molecule has 2 heterocycles. The first-order valence-electron chi connectivity index (χ1n) is 8.07. The number of carbonyl (C=O) groups is 2. The highest BCUT2D eigenvalue weighted by molar-refractivity contribution is 7.13. The van der Waals surface area contributed by atoms with Gasteiger partial charge in [-0.15, -0.1) is 11.3 Å². The molecule has 1 atom stereocenters. The van der Waals surface area contributed by atoms with Crippen molar-refractivity contribution < 1.29 is 19.1 Å². The average molecular weight is 360 g/mol. The number of rotatable bonds is 5. The van der Waals surface area contributed by atoms with Gasteiger partial charge >= 0.3 is 11.9 Å². The monoisotopic (exact) mass is 360 g/mol. The molecule has 0 spiro atoms. The zero-order valence-electron chi connectivity index (χ0n) is 14.2. The predicted molar refractivity (Wildman–Crippen MR) is 94.3 cm³/mol. The first kappa shape index (κ1) is 17.6. The van der Waals surface area contributed by atoms with E-state index in [1.54, 1.807) is 23.5 Å². The highest BCUT2D eigenvalue weighted by Crippen LogP contribution is 2.27. The van der Waals surface area contributed by atoms with Crippen LogP contribution in [0.4, 0.5) is 0 Å². The fraction of sp³-hybridized carbons (Fsp3) is 0.389. The molecular weight excluding hydrogens is 340 g/mol. The third-order valence-corrected chi connectivity index (χ3v) is 5.25. The van der Waals surface area contributed by atoms with Crippen molar-refractivity contribution in [1.82, 2.24) is 9.88 Å².